The van der Waals surface area contributed by atoms with Crippen LogP contribution in [0.5, 0.6) is 0 Å². The zero-order chi connectivity index (χ0) is 19.9. The van der Waals surface area contributed by atoms with E-state index < -0.39 is 0 Å². The summed E-state index contributed by atoms with van der Waals surface area (Å²) in [6.45, 7) is 2.99. The molecule has 2 N–H and O–H groups in total. The molecule has 2 aliphatic rings. The van der Waals surface area contributed by atoms with Crippen LogP contribution in [0.2, 0.25) is 0 Å². The van der Waals surface area contributed by atoms with Crippen molar-refractivity contribution in [3.8, 4) is 11.5 Å². The van der Waals surface area contributed by atoms with Crippen LogP contribution in [0.1, 0.15) is 50.6 Å². The van der Waals surface area contributed by atoms with Crippen LogP contribution in [-0.2, 0) is 6.54 Å². The van der Waals surface area contributed by atoms with Crippen LogP contribution in [0.4, 0.5) is 0 Å². The Morgan fingerprint density at radius 3 is 2.59 bits per heavy atom. The number of benzene rings is 1. The summed E-state index contributed by atoms with van der Waals surface area (Å²) in [4.78, 5) is 11.7. The molecule has 0 unspecified atom stereocenters. The summed E-state index contributed by atoms with van der Waals surface area (Å²) in [6, 6.07) is 11.3. The van der Waals surface area contributed by atoms with Crippen molar-refractivity contribution in [3.05, 3.63) is 42.3 Å². The van der Waals surface area contributed by atoms with Crippen molar-refractivity contribution in [3.63, 3.8) is 0 Å². The highest BCUT2D eigenvalue weighted by Crippen LogP contribution is 2.25. The van der Waals surface area contributed by atoms with Crippen molar-refractivity contribution in [1.82, 2.24) is 20.5 Å². The summed E-state index contributed by atoms with van der Waals surface area (Å²) in [5, 5.41) is 6.97. The van der Waals surface area contributed by atoms with Crippen LogP contribution in [0.3, 0.4) is 0 Å². The molecule has 29 heavy (non-hydrogen) atoms. The van der Waals surface area contributed by atoms with E-state index in [1.54, 1.807) is 6.26 Å². The molecule has 6 heteroatoms. The topological polar surface area (TPSA) is 65.7 Å². The van der Waals surface area contributed by atoms with Crippen LogP contribution < -0.4 is 10.6 Å². The van der Waals surface area contributed by atoms with Crippen LogP contribution in [0, 0.1) is 0 Å². The Bertz CT molecular complexity index is 774. The predicted octanol–water partition coefficient (Wildman–Crippen LogP) is 3.80. The lowest BCUT2D eigenvalue weighted by atomic mass is 9.92. The van der Waals surface area contributed by atoms with Crippen LogP contribution >= 0.6 is 0 Å². The standard InChI is InChI=1S/C23H33N5O/c1-24-23(25-16-20-17-29-22(26-20)18-8-4-2-5-9-18)27-19-12-14-28(15-13-19)21-10-6-3-7-11-21/h2,4-5,8-9,17,19,21H,3,6-7,10-16H2,1H3,(H2,24,25,27). The zero-order valence-electron chi connectivity index (χ0n) is 17.4. The van der Waals surface area contributed by atoms with Gasteiger partial charge < -0.3 is 20.0 Å². The molecule has 1 aromatic heterocycles. The summed E-state index contributed by atoms with van der Waals surface area (Å²) in [6.07, 6.45) is 11.1. The number of guanidine groups is 1. The van der Waals surface area contributed by atoms with E-state index in [0.717, 1.165) is 23.3 Å². The fraction of sp³-hybridized carbons (Fsp3) is 0.565. The normalized spacial score (nSPS) is 20.0. The van der Waals surface area contributed by atoms with E-state index >= 15 is 0 Å². The van der Waals surface area contributed by atoms with Gasteiger partial charge in [0.1, 0.15) is 6.26 Å². The lowest BCUT2D eigenvalue weighted by Gasteiger charge is -2.39. The number of aliphatic imine (C=N–C) groups is 1. The number of oxazole rings is 1. The Morgan fingerprint density at radius 1 is 1.10 bits per heavy atom. The SMILES string of the molecule is CN=C(NCc1coc(-c2ccccc2)n1)NC1CCN(C2CCCCC2)CC1. The van der Waals surface area contributed by atoms with E-state index in [1.807, 2.05) is 37.4 Å². The second kappa shape index (κ2) is 9.92. The highest BCUT2D eigenvalue weighted by Gasteiger charge is 2.26. The van der Waals surface area contributed by atoms with Gasteiger partial charge >= 0.3 is 0 Å². The second-order valence-electron chi connectivity index (χ2n) is 8.18. The van der Waals surface area contributed by atoms with Gasteiger partial charge in [-0.05, 0) is 37.8 Å². The van der Waals surface area contributed by atoms with Crippen molar-refractivity contribution in [2.24, 2.45) is 4.99 Å². The molecule has 1 aliphatic carbocycles. The molecular weight excluding hydrogens is 362 g/mol. The van der Waals surface area contributed by atoms with Crippen molar-refractivity contribution in [1.29, 1.82) is 0 Å². The van der Waals surface area contributed by atoms with Gasteiger partial charge in [-0.2, -0.15) is 0 Å². The molecule has 0 spiro atoms. The number of aromatic nitrogens is 1. The quantitative estimate of drug-likeness (QED) is 0.595. The molecular formula is C23H33N5O. The molecule has 1 aromatic carbocycles. The molecule has 0 amide bonds. The Kier molecular flexibility index (Phi) is 6.83. The first-order valence-electron chi connectivity index (χ1n) is 11.0. The first-order valence-corrected chi connectivity index (χ1v) is 11.0. The summed E-state index contributed by atoms with van der Waals surface area (Å²) in [5.41, 5.74) is 1.87. The fourth-order valence-electron chi connectivity index (χ4n) is 4.52. The Morgan fingerprint density at radius 2 is 1.86 bits per heavy atom. The maximum atomic E-state index is 5.62. The smallest absolute Gasteiger partial charge is 0.226 e. The van der Waals surface area contributed by atoms with Crippen molar-refractivity contribution >= 4 is 5.96 Å². The van der Waals surface area contributed by atoms with Gasteiger partial charge in [-0.15, -0.1) is 0 Å². The molecule has 156 valence electrons. The molecule has 2 heterocycles. The largest absolute Gasteiger partial charge is 0.444 e. The molecule has 2 fully saturated rings. The first kappa shape index (κ1) is 20.0. The monoisotopic (exact) mass is 395 g/mol. The maximum Gasteiger partial charge on any atom is 0.226 e. The fourth-order valence-corrected chi connectivity index (χ4v) is 4.52. The average Bonchev–Trinajstić information content (AvgIpc) is 3.27. The van der Waals surface area contributed by atoms with Crippen molar-refractivity contribution in [2.75, 3.05) is 20.1 Å². The Hall–Kier alpha value is -2.34. The van der Waals surface area contributed by atoms with Gasteiger partial charge in [0.15, 0.2) is 5.96 Å². The van der Waals surface area contributed by atoms with Crippen LogP contribution in [0.25, 0.3) is 11.5 Å². The molecule has 1 aliphatic heterocycles. The third kappa shape index (κ3) is 5.38. The third-order valence-corrected chi connectivity index (χ3v) is 6.19. The Balaban J connectivity index is 1.23. The van der Waals surface area contributed by atoms with Gasteiger partial charge in [0.2, 0.25) is 5.89 Å². The van der Waals surface area contributed by atoms with Crippen LogP contribution in [-0.4, -0.2) is 48.1 Å². The zero-order valence-corrected chi connectivity index (χ0v) is 17.4. The molecule has 1 saturated carbocycles. The minimum atomic E-state index is 0.484. The third-order valence-electron chi connectivity index (χ3n) is 6.19. The molecule has 4 rings (SSSR count). The van der Waals surface area contributed by atoms with E-state index in [0.29, 0.717) is 18.5 Å². The van der Waals surface area contributed by atoms with E-state index in [1.165, 1.54) is 58.0 Å². The van der Waals surface area contributed by atoms with E-state index in [9.17, 15) is 0 Å². The molecule has 0 bridgehead atoms. The highest BCUT2D eigenvalue weighted by molar-refractivity contribution is 5.79. The van der Waals surface area contributed by atoms with E-state index in [4.69, 9.17) is 4.42 Å². The number of nitrogens with zero attached hydrogens (tertiary/aromatic N) is 3. The van der Waals surface area contributed by atoms with Gasteiger partial charge in [0.05, 0.1) is 12.2 Å². The van der Waals surface area contributed by atoms with Gasteiger partial charge in [0, 0.05) is 37.8 Å². The van der Waals surface area contributed by atoms with E-state index in [-0.39, 0.29) is 0 Å². The van der Waals surface area contributed by atoms with Gasteiger partial charge in [-0.3, -0.25) is 4.99 Å². The van der Waals surface area contributed by atoms with Gasteiger partial charge in [-0.25, -0.2) is 4.98 Å². The molecule has 2 aromatic rings. The lowest BCUT2D eigenvalue weighted by molar-refractivity contribution is 0.119. The van der Waals surface area contributed by atoms with Crippen LogP contribution in [0.15, 0.2) is 46.0 Å². The molecule has 6 nitrogen and oxygen atoms in total. The number of rotatable bonds is 5. The number of piperidine rings is 1. The first-order chi connectivity index (χ1) is 14.3. The molecule has 0 radical (unpaired) electrons. The summed E-state index contributed by atoms with van der Waals surface area (Å²) < 4.78 is 5.62. The summed E-state index contributed by atoms with van der Waals surface area (Å²) >= 11 is 0. The maximum absolute atomic E-state index is 5.62. The predicted molar refractivity (Wildman–Crippen MR) is 117 cm³/mol. The average molecular weight is 396 g/mol. The minimum Gasteiger partial charge on any atom is -0.444 e. The number of hydrogen-bond acceptors (Lipinski definition) is 4. The summed E-state index contributed by atoms with van der Waals surface area (Å²) in [7, 11) is 1.82. The molecule has 0 atom stereocenters. The molecule has 1 saturated heterocycles. The van der Waals surface area contributed by atoms with Gasteiger partial charge in [-0.1, -0.05) is 37.5 Å². The van der Waals surface area contributed by atoms with Crippen molar-refractivity contribution in [2.45, 2.75) is 63.6 Å². The van der Waals surface area contributed by atoms with E-state index in [2.05, 4.69) is 25.5 Å². The Labute approximate surface area is 173 Å². The number of nitrogens with one attached hydrogen (secondary N) is 2. The minimum absolute atomic E-state index is 0.484. The summed E-state index contributed by atoms with van der Waals surface area (Å²) in [5.74, 6) is 1.49. The second-order valence-corrected chi connectivity index (χ2v) is 8.18. The van der Waals surface area contributed by atoms with Crippen molar-refractivity contribution < 1.29 is 4.42 Å². The number of likely N-dealkylation sites (tertiary alicyclic amines) is 1. The number of hydrogen-bond donors (Lipinski definition) is 2. The lowest BCUT2D eigenvalue weighted by Crippen LogP contribution is -2.50. The van der Waals surface area contributed by atoms with Gasteiger partial charge in [0.25, 0.3) is 0 Å². The highest BCUT2D eigenvalue weighted by atomic mass is 16.3.